The van der Waals surface area contributed by atoms with Crippen molar-refractivity contribution < 1.29 is 17.4 Å². The predicted octanol–water partition coefficient (Wildman–Crippen LogP) is 8.67. The molecule has 0 heterocycles. The van der Waals surface area contributed by atoms with Gasteiger partial charge in [0.2, 0.25) is 0 Å². The van der Waals surface area contributed by atoms with Crippen molar-refractivity contribution in [3.63, 3.8) is 0 Å². The molecule has 0 aromatic heterocycles. The molecule has 0 spiro atoms. The molecule has 2 saturated carbocycles. The Bertz CT molecular complexity index is 1010. The Morgan fingerprint density at radius 1 is 0.889 bits per heavy atom. The van der Waals surface area contributed by atoms with Crippen molar-refractivity contribution in [1.29, 1.82) is 0 Å². The van der Waals surface area contributed by atoms with Crippen molar-refractivity contribution in [2.45, 2.75) is 85.5 Å². The van der Waals surface area contributed by atoms with Gasteiger partial charge in [0, 0.05) is 0 Å². The van der Waals surface area contributed by atoms with E-state index in [1.54, 1.807) is 0 Å². The van der Waals surface area contributed by atoms with Crippen LogP contribution in [0, 0.1) is 23.9 Å². The summed E-state index contributed by atoms with van der Waals surface area (Å²) >= 11 is -1.16. The minimum absolute atomic E-state index is 0.0172. The zero-order valence-corrected chi connectivity index (χ0v) is 25.9. The van der Waals surface area contributed by atoms with Crippen LogP contribution in [-0.2, 0) is 28.2 Å². The third-order valence-electron chi connectivity index (χ3n) is 8.43. The average molecular weight is 625 g/mol. The van der Waals surface area contributed by atoms with Crippen LogP contribution in [0.15, 0.2) is 48.5 Å². The molecule has 0 aliphatic heterocycles. The molecule has 2 bridgehead atoms. The van der Waals surface area contributed by atoms with Gasteiger partial charge in [-0.05, 0) is 0 Å². The summed E-state index contributed by atoms with van der Waals surface area (Å²) < 4.78 is 13.8. The molecule has 2 aromatic rings. The molecule has 2 aliphatic rings. The molecule has 6 heteroatoms. The summed E-state index contributed by atoms with van der Waals surface area (Å²) in [6.45, 7) is 17.8. The first-order valence-corrected chi connectivity index (χ1v) is 16.8. The fraction of sp³-hybridized carbons (Fsp3) is 0.567. The zero-order chi connectivity index (χ0) is 26.4. The summed E-state index contributed by atoms with van der Waals surface area (Å²) in [7, 11) is 0. The standard InChI is InChI=1S/C30H41IO4S/c1-27(2,3)21-9-13-24(14-10-21)31(25-15-11-22(12-16-25)28(4,5)6)33-34-35-36-20-30-18-17-23(19-26(30)32)29(30,7)8/h9-16,23H,17-20H2,1-8H3. The van der Waals surface area contributed by atoms with Crippen molar-refractivity contribution in [3.8, 4) is 0 Å². The average Bonchev–Trinajstić information content (AvgIpc) is 3.15. The first-order valence-electron chi connectivity index (χ1n) is 12.8. The fourth-order valence-electron chi connectivity index (χ4n) is 5.62. The van der Waals surface area contributed by atoms with Gasteiger partial charge in [0.25, 0.3) is 0 Å². The first-order chi connectivity index (χ1) is 16.8. The minimum atomic E-state index is -2.37. The summed E-state index contributed by atoms with van der Waals surface area (Å²) in [5.41, 5.74) is 2.46. The van der Waals surface area contributed by atoms with Gasteiger partial charge in [-0.25, -0.2) is 0 Å². The molecule has 4 rings (SSSR count). The van der Waals surface area contributed by atoms with Gasteiger partial charge in [0.15, 0.2) is 0 Å². The number of benzene rings is 2. The van der Waals surface area contributed by atoms with Crippen molar-refractivity contribution in [2.24, 2.45) is 16.7 Å². The Balaban J connectivity index is 1.45. The van der Waals surface area contributed by atoms with E-state index in [4.69, 9.17) is 12.6 Å². The molecule has 2 unspecified atom stereocenters. The maximum atomic E-state index is 12.8. The summed E-state index contributed by atoms with van der Waals surface area (Å²) in [5, 5.41) is 5.39. The second kappa shape index (κ2) is 10.3. The summed E-state index contributed by atoms with van der Waals surface area (Å²) in [6, 6.07) is 17.4. The van der Waals surface area contributed by atoms with Gasteiger partial charge in [-0.1, -0.05) is 0 Å². The van der Waals surface area contributed by atoms with E-state index in [2.05, 4.69) is 104 Å². The number of hydrogen-bond donors (Lipinski definition) is 0. The quantitative estimate of drug-likeness (QED) is 0.0967. The molecule has 0 radical (unpaired) electrons. The number of carbonyl (C=O) groups excluding carboxylic acids is 1. The number of carbonyl (C=O) groups is 1. The molecule has 2 fully saturated rings. The van der Waals surface area contributed by atoms with Crippen molar-refractivity contribution in [1.82, 2.24) is 0 Å². The number of fused-ring (bicyclic) bond motifs is 2. The molecule has 198 valence electrons. The summed E-state index contributed by atoms with van der Waals surface area (Å²) in [4.78, 5) is 12.8. The molecule has 36 heavy (non-hydrogen) atoms. The molecule has 2 atom stereocenters. The van der Waals surface area contributed by atoms with E-state index in [0.717, 1.165) is 20.0 Å². The summed E-state index contributed by atoms with van der Waals surface area (Å²) in [5.74, 6) is 1.48. The molecular formula is C30H41IO4S. The van der Waals surface area contributed by atoms with Gasteiger partial charge in [-0.3, -0.25) is 0 Å². The Hall–Kier alpha value is -0.930. The van der Waals surface area contributed by atoms with Gasteiger partial charge < -0.3 is 0 Å². The molecule has 4 nitrogen and oxygen atoms in total. The topological polar surface area (TPSA) is 44.8 Å². The second-order valence-corrected chi connectivity index (χ2v) is 17.8. The number of halogens is 1. The van der Waals surface area contributed by atoms with Gasteiger partial charge >= 0.3 is 230 Å². The SMILES string of the molecule is CC(C)(C)c1ccc(I(OOOSCC23CCC(CC2=O)C3(C)C)c2ccc(C(C)(C)C)cc2)cc1. The number of rotatable bonds is 8. The van der Waals surface area contributed by atoms with Crippen LogP contribution in [0.5, 0.6) is 0 Å². The van der Waals surface area contributed by atoms with Crippen LogP contribution in [0.3, 0.4) is 0 Å². The van der Waals surface area contributed by atoms with E-state index in [1.165, 1.54) is 23.2 Å². The van der Waals surface area contributed by atoms with Crippen LogP contribution in [-0.4, -0.2) is 11.5 Å². The van der Waals surface area contributed by atoms with Crippen molar-refractivity contribution in [2.75, 3.05) is 5.75 Å². The van der Waals surface area contributed by atoms with E-state index in [1.807, 2.05) is 0 Å². The molecule has 2 aromatic carbocycles. The van der Waals surface area contributed by atoms with E-state index in [-0.39, 0.29) is 21.7 Å². The summed E-state index contributed by atoms with van der Waals surface area (Å²) in [6.07, 6.45) is 2.77. The van der Waals surface area contributed by atoms with Crippen molar-refractivity contribution in [3.05, 3.63) is 66.8 Å². The van der Waals surface area contributed by atoms with E-state index < -0.39 is 20.2 Å². The third-order valence-corrected chi connectivity index (χ3v) is 13.4. The first kappa shape index (κ1) is 28.1. The van der Waals surface area contributed by atoms with Gasteiger partial charge in [-0.15, -0.1) is 0 Å². The second-order valence-electron chi connectivity index (χ2n) is 12.9. The van der Waals surface area contributed by atoms with Gasteiger partial charge in [0.1, 0.15) is 0 Å². The third kappa shape index (κ3) is 5.44. The van der Waals surface area contributed by atoms with Crippen LogP contribution in [0.1, 0.15) is 85.8 Å². The van der Waals surface area contributed by atoms with Crippen LogP contribution in [0.4, 0.5) is 0 Å². The normalized spacial score (nSPS) is 23.8. The molecule has 0 saturated heterocycles. The van der Waals surface area contributed by atoms with Crippen LogP contribution in [0.25, 0.3) is 0 Å². The van der Waals surface area contributed by atoms with E-state index >= 15 is 0 Å². The Kier molecular flexibility index (Phi) is 8.06. The van der Waals surface area contributed by atoms with Crippen LogP contribution in [0.2, 0.25) is 0 Å². The van der Waals surface area contributed by atoms with Crippen LogP contribution < -0.4 is 0 Å². The van der Waals surface area contributed by atoms with Crippen molar-refractivity contribution >= 4 is 38.1 Å². The predicted molar refractivity (Wildman–Crippen MR) is 156 cm³/mol. The Morgan fingerprint density at radius 3 is 1.78 bits per heavy atom. The van der Waals surface area contributed by atoms with Gasteiger partial charge in [-0.2, -0.15) is 0 Å². The van der Waals surface area contributed by atoms with Gasteiger partial charge in [0.05, 0.1) is 0 Å². The van der Waals surface area contributed by atoms with E-state index in [9.17, 15) is 4.79 Å². The molecule has 0 amide bonds. The number of hydrogen-bond acceptors (Lipinski definition) is 5. The number of Topliss-reactive ketones (excluding diaryl/α,β-unsaturated/α-hetero) is 1. The van der Waals surface area contributed by atoms with E-state index in [0.29, 0.717) is 23.9 Å². The Morgan fingerprint density at radius 2 is 1.39 bits per heavy atom. The van der Waals surface area contributed by atoms with Crippen LogP contribution >= 0.6 is 32.3 Å². The Labute approximate surface area is 229 Å². The number of ketones is 1. The molecule has 0 N–H and O–H groups in total. The fourth-order valence-corrected chi connectivity index (χ4v) is 10.1. The zero-order valence-electron chi connectivity index (χ0n) is 22.9. The molecular weight excluding hydrogens is 583 g/mol. The molecule has 2 aliphatic carbocycles. The maximum absolute atomic E-state index is 12.8. The monoisotopic (exact) mass is 624 g/mol.